The lowest BCUT2D eigenvalue weighted by atomic mass is 9.87. The lowest BCUT2D eigenvalue weighted by Crippen LogP contribution is -2.23. The molecule has 2 heterocycles. The Kier molecular flexibility index (Phi) is 5.16. The molecule has 0 saturated carbocycles. The van der Waals surface area contributed by atoms with Gasteiger partial charge in [-0.25, -0.2) is 9.97 Å². The summed E-state index contributed by atoms with van der Waals surface area (Å²) in [6.45, 7) is 7.66. The zero-order chi connectivity index (χ0) is 21.3. The number of carbonyl (C=O) groups is 1. The molecule has 0 aliphatic carbocycles. The topological polar surface area (TPSA) is 70.2 Å². The predicted octanol–water partition coefficient (Wildman–Crippen LogP) is 4.59. The van der Waals surface area contributed by atoms with Crippen LogP contribution in [0.1, 0.15) is 48.0 Å². The van der Waals surface area contributed by atoms with Crippen LogP contribution in [-0.4, -0.2) is 22.9 Å². The first-order valence-electron chi connectivity index (χ1n) is 10.1. The smallest absolute Gasteiger partial charge is 0.261 e. The molecule has 154 valence electrons. The van der Waals surface area contributed by atoms with Crippen molar-refractivity contribution in [3.8, 4) is 0 Å². The summed E-state index contributed by atoms with van der Waals surface area (Å²) in [6.07, 6.45) is 1.72. The molecule has 2 aromatic carbocycles. The highest BCUT2D eigenvalue weighted by Crippen LogP contribution is 2.34. The Hall–Kier alpha value is -3.41. The molecular formula is C24H27N5O. The van der Waals surface area contributed by atoms with Gasteiger partial charge in [0.05, 0.1) is 24.3 Å². The number of aromatic nitrogens is 2. The molecule has 30 heavy (non-hydrogen) atoms. The summed E-state index contributed by atoms with van der Waals surface area (Å²) >= 11 is 0. The summed E-state index contributed by atoms with van der Waals surface area (Å²) in [7, 11) is 1.79. The average molecular weight is 402 g/mol. The molecule has 3 aromatic rings. The van der Waals surface area contributed by atoms with E-state index in [0.717, 1.165) is 28.2 Å². The third-order valence-electron chi connectivity index (χ3n) is 5.38. The number of amides is 1. The van der Waals surface area contributed by atoms with Crippen LogP contribution in [0.5, 0.6) is 0 Å². The fourth-order valence-corrected chi connectivity index (χ4v) is 3.66. The van der Waals surface area contributed by atoms with Crippen molar-refractivity contribution in [3.63, 3.8) is 0 Å². The molecule has 2 N–H and O–H groups in total. The summed E-state index contributed by atoms with van der Waals surface area (Å²) < 4.78 is 0. The van der Waals surface area contributed by atoms with Gasteiger partial charge in [0.1, 0.15) is 0 Å². The van der Waals surface area contributed by atoms with E-state index in [1.807, 2.05) is 41.3 Å². The van der Waals surface area contributed by atoms with Crippen LogP contribution in [0.15, 0.2) is 54.7 Å². The fourth-order valence-electron chi connectivity index (χ4n) is 3.66. The van der Waals surface area contributed by atoms with Gasteiger partial charge in [0.2, 0.25) is 5.95 Å². The van der Waals surface area contributed by atoms with Crippen LogP contribution in [0, 0.1) is 0 Å². The molecule has 1 aliphatic rings. The molecule has 0 unspecified atom stereocenters. The maximum Gasteiger partial charge on any atom is 0.261 e. The Balaban J connectivity index is 1.55. The lowest BCUT2D eigenvalue weighted by molar-refractivity contribution is 0.0997. The van der Waals surface area contributed by atoms with Crippen LogP contribution in [0.25, 0.3) is 0 Å². The van der Waals surface area contributed by atoms with E-state index in [2.05, 4.69) is 53.5 Å². The number of anilines is 3. The van der Waals surface area contributed by atoms with E-state index >= 15 is 0 Å². The Bertz CT molecular complexity index is 1070. The third-order valence-corrected chi connectivity index (χ3v) is 5.38. The van der Waals surface area contributed by atoms with Crippen molar-refractivity contribution in [2.75, 3.05) is 22.6 Å². The molecule has 0 atom stereocenters. The molecular weight excluding hydrogens is 374 g/mol. The second kappa shape index (κ2) is 7.78. The highest BCUT2D eigenvalue weighted by atomic mass is 16.2. The monoisotopic (exact) mass is 401 g/mol. The fraction of sp³-hybridized carbons (Fsp3) is 0.292. The normalized spacial score (nSPS) is 13.3. The van der Waals surface area contributed by atoms with Crippen molar-refractivity contribution in [2.24, 2.45) is 0 Å². The predicted molar refractivity (Wildman–Crippen MR) is 121 cm³/mol. The van der Waals surface area contributed by atoms with E-state index in [1.54, 1.807) is 13.2 Å². The second-order valence-corrected chi connectivity index (χ2v) is 8.50. The summed E-state index contributed by atoms with van der Waals surface area (Å²) in [5, 5.41) is 6.32. The minimum atomic E-state index is 0.0233. The summed E-state index contributed by atoms with van der Waals surface area (Å²) in [4.78, 5) is 23.7. The molecule has 0 radical (unpaired) electrons. The van der Waals surface area contributed by atoms with Gasteiger partial charge < -0.3 is 15.5 Å². The minimum Gasteiger partial charge on any atom is -0.379 e. The lowest BCUT2D eigenvalue weighted by Gasteiger charge is -2.21. The van der Waals surface area contributed by atoms with Gasteiger partial charge in [-0.05, 0) is 40.8 Å². The molecule has 6 heteroatoms. The van der Waals surface area contributed by atoms with E-state index in [4.69, 9.17) is 0 Å². The first kappa shape index (κ1) is 19.9. The van der Waals surface area contributed by atoms with Crippen LogP contribution >= 0.6 is 0 Å². The number of nitrogens with one attached hydrogen (secondary N) is 2. The molecule has 0 bridgehead atoms. The largest absolute Gasteiger partial charge is 0.379 e. The number of hydrogen-bond donors (Lipinski definition) is 2. The van der Waals surface area contributed by atoms with Crippen LogP contribution in [0.4, 0.5) is 17.3 Å². The number of benzene rings is 2. The first-order chi connectivity index (χ1) is 14.4. The highest BCUT2D eigenvalue weighted by molar-refractivity contribution is 6.13. The minimum absolute atomic E-state index is 0.0233. The standard InChI is InChI=1S/C24H27N5O/c1-24(2,3)17-8-10-19(11-9-17)29-15-16-6-5-7-20(21(16)22(29)30)27-14-18-12-13-26-23(25-4)28-18/h5-13,27H,14-15H2,1-4H3,(H,25,26,28). The van der Waals surface area contributed by atoms with Gasteiger partial charge in [-0.3, -0.25) is 4.79 Å². The van der Waals surface area contributed by atoms with Gasteiger partial charge in [-0.15, -0.1) is 0 Å². The molecule has 0 spiro atoms. The molecule has 1 aromatic heterocycles. The van der Waals surface area contributed by atoms with E-state index in [-0.39, 0.29) is 11.3 Å². The first-order valence-corrected chi connectivity index (χ1v) is 10.1. The third kappa shape index (κ3) is 3.85. The Morgan fingerprint density at radius 1 is 1.07 bits per heavy atom. The van der Waals surface area contributed by atoms with Gasteiger partial charge >= 0.3 is 0 Å². The molecule has 6 nitrogen and oxygen atoms in total. The van der Waals surface area contributed by atoms with Crippen molar-refractivity contribution in [1.82, 2.24) is 9.97 Å². The molecule has 0 saturated heterocycles. The van der Waals surface area contributed by atoms with Crippen molar-refractivity contribution >= 4 is 23.2 Å². The number of hydrogen-bond acceptors (Lipinski definition) is 5. The van der Waals surface area contributed by atoms with Gasteiger partial charge in [-0.2, -0.15) is 0 Å². The number of rotatable bonds is 5. The zero-order valence-electron chi connectivity index (χ0n) is 17.9. The highest BCUT2D eigenvalue weighted by Gasteiger charge is 2.31. The summed E-state index contributed by atoms with van der Waals surface area (Å²) in [5.74, 6) is 0.601. The van der Waals surface area contributed by atoms with Crippen LogP contribution in [-0.2, 0) is 18.5 Å². The van der Waals surface area contributed by atoms with E-state index in [1.165, 1.54) is 5.56 Å². The van der Waals surface area contributed by atoms with Crippen LogP contribution in [0.3, 0.4) is 0 Å². The maximum atomic E-state index is 13.3. The van der Waals surface area contributed by atoms with Crippen molar-refractivity contribution in [1.29, 1.82) is 0 Å². The van der Waals surface area contributed by atoms with Gasteiger partial charge in [0.15, 0.2) is 0 Å². The van der Waals surface area contributed by atoms with Crippen molar-refractivity contribution in [2.45, 2.75) is 39.3 Å². The molecule has 0 fully saturated rings. The van der Waals surface area contributed by atoms with Crippen molar-refractivity contribution < 1.29 is 4.79 Å². The molecule has 1 aliphatic heterocycles. The van der Waals surface area contributed by atoms with Gasteiger partial charge in [0, 0.05) is 24.6 Å². The summed E-state index contributed by atoms with van der Waals surface area (Å²) in [6, 6.07) is 16.1. The SMILES string of the molecule is CNc1nccc(CNc2cccc3c2C(=O)N(c2ccc(C(C)(C)C)cc2)C3)n1. The van der Waals surface area contributed by atoms with Gasteiger partial charge in [-0.1, -0.05) is 45.0 Å². The zero-order valence-corrected chi connectivity index (χ0v) is 17.9. The Morgan fingerprint density at radius 2 is 1.83 bits per heavy atom. The number of carbonyl (C=O) groups excluding carboxylic acids is 1. The second-order valence-electron chi connectivity index (χ2n) is 8.50. The van der Waals surface area contributed by atoms with E-state index in [0.29, 0.717) is 19.0 Å². The quantitative estimate of drug-likeness (QED) is 0.654. The van der Waals surface area contributed by atoms with Crippen LogP contribution in [0.2, 0.25) is 0 Å². The molecule has 1 amide bonds. The maximum absolute atomic E-state index is 13.3. The van der Waals surface area contributed by atoms with E-state index < -0.39 is 0 Å². The van der Waals surface area contributed by atoms with Crippen LogP contribution < -0.4 is 15.5 Å². The number of fused-ring (bicyclic) bond motifs is 1. The average Bonchev–Trinajstić information content (AvgIpc) is 3.09. The van der Waals surface area contributed by atoms with Crippen molar-refractivity contribution in [3.05, 3.63) is 77.1 Å². The number of nitrogens with zero attached hydrogens (tertiary/aromatic N) is 3. The Morgan fingerprint density at radius 3 is 2.53 bits per heavy atom. The molecule has 4 rings (SSSR count). The summed E-state index contributed by atoms with van der Waals surface area (Å²) in [5.41, 5.74) is 5.71. The van der Waals surface area contributed by atoms with Gasteiger partial charge in [0.25, 0.3) is 5.91 Å². The Labute approximate surface area is 177 Å². The van der Waals surface area contributed by atoms with E-state index in [9.17, 15) is 4.79 Å².